The first-order valence-electron chi connectivity index (χ1n) is 11.8. The highest BCUT2D eigenvalue weighted by atomic mass is 19.1. The van der Waals surface area contributed by atoms with Crippen LogP contribution in [0.4, 0.5) is 4.39 Å². The number of carbonyl (C=O) groups excluding carboxylic acids is 1. The maximum atomic E-state index is 13.3. The highest BCUT2D eigenvalue weighted by molar-refractivity contribution is 6.09. The van der Waals surface area contributed by atoms with E-state index in [1.54, 1.807) is 12.2 Å². The predicted molar refractivity (Wildman–Crippen MR) is 139 cm³/mol. The molecular formula is C31H30FNO. The van der Waals surface area contributed by atoms with E-state index >= 15 is 0 Å². The number of carbonyl (C=O) groups is 1. The Morgan fingerprint density at radius 3 is 2.59 bits per heavy atom. The second kappa shape index (κ2) is 10.6. The number of halogens is 1. The Bertz CT molecular complexity index is 1250. The lowest BCUT2D eigenvalue weighted by Crippen LogP contribution is -2.08. The van der Waals surface area contributed by atoms with Gasteiger partial charge >= 0.3 is 0 Å². The summed E-state index contributed by atoms with van der Waals surface area (Å²) in [4.78, 5) is 17.9. The Kier molecular flexibility index (Phi) is 7.32. The van der Waals surface area contributed by atoms with Crippen molar-refractivity contribution in [2.45, 2.75) is 45.4 Å². The van der Waals surface area contributed by atoms with Crippen molar-refractivity contribution in [1.29, 1.82) is 0 Å². The molecule has 3 heteroatoms. The number of allylic oxidation sites excluding steroid dienone is 8. The Hall–Kier alpha value is -3.59. The fourth-order valence-corrected chi connectivity index (χ4v) is 4.59. The van der Waals surface area contributed by atoms with Crippen LogP contribution in [0.2, 0.25) is 0 Å². The van der Waals surface area contributed by atoms with Gasteiger partial charge in [0.15, 0.2) is 5.78 Å². The number of fused-ring (bicyclic) bond motifs is 1. The number of aryl methyl sites for hydroxylation is 1. The molecule has 2 aliphatic rings. The number of hydrogen-bond acceptors (Lipinski definition) is 2. The molecular weight excluding hydrogens is 421 g/mol. The fraction of sp³-hybridized carbons (Fsp3) is 0.226. The van der Waals surface area contributed by atoms with Crippen molar-refractivity contribution < 1.29 is 9.18 Å². The van der Waals surface area contributed by atoms with Crippen molar-refractivity contribution in [2.24, 2.45) is 0 Å². The first-order valence-corrected chi connectivity index (χ1v) is 11.8. The number of aromatic nitrogens is 1. The molecule has 0 N–H and O–H groups in total. The third-order valence-corrected chi connectivity index (χ3v) is 6.55. The van der Waals surface area contributed by atoms with E-state index in [9.17, 15) is 9.18 Å². The summed E-state index contributed by atoms with van der Waals surface area (Å²) in [5.41, 5.74) is 9.02. The van der Waals surface area contributed by atoms with Crippen molar-refractivity contribution in [3.63, 3.8) is 0 Å². The van der Waals surface area contributed by atoms with E-state index in [0.29, 0.717) is 5.57 Å². The predicted octanol–water partition coefficient (Wildman–Crippen LogP) is 7.85. The minimum atomic E-state index is -0.233. The van der Waals surface area contributed by atoms with Crippen molar-refractivity contribution in [1.82, 2.24) is 4.98 Å². The number of benzene rings is 1. The first kappa shape index (κ1) is 23.6. The van der Waals surface area contributed by atoms with Crippen molar-refractivity contribution in [3.8, 4) is 0 Å². The van der Waals surface area contributed by atoms with Crippen LogP contribution >= 0.6 is 0 Å². The van der Waals surface area contributed by atoms with Crippen molar-refractivity contribution in [3.05, 3.63) is 118 Å². The molecule has 2 aromatic rings. The summed E-state index contributed by atoms with van der Waals surface area (Å²) < 4.78 is 13.3. The summed E-state index contributed by atoms with van der Waals surface area (Å²) in [7, 11) is 0. The van der Waals surface area contributed by atoms with E-state index < -0.39 is 0 Å². The number of pyridine rings is 1. The van der Waals surface area contributed by atoms with Crippen LogP contribution in [0.5, 0.6) is 0 Å². The zero-order valence-corrected chi connectivity index (χ0v) is 19.7. The van der Waals surface area contributed by atoms with Gasteiger partial charge in [0, 0.05) is 17.5 Å². The molecule has 1 aromatic carbocycles. The summed E-state index contributed by atoms with van der Waals surface area (Å²) in [6, 6.07) is 8.67. The van der Waals surface area contributed by atoms with E-state index in [4.69, 9.17) is 0 Å². The smallest absolute Gasteiger partial charge is 0.186 e. The van der Waals surface area contributed by atoms with Gasteiger partial charge in [-0.1, -0.05) is 36.9 Å². The number of nitrogens with zero attached hydrogens (tertiary/aromatic N) is 1. The van der Waals surface area contributed by atoms with Crippen LogP contribution in [0.1, 0.15) is 61.4 Å². The van der Waals surface area contributed by atoms with Crippen LogP contribution in [0.15, 0.2) is 90.2 Å². The molecule has 0 saturated carbocycles. The molecule has 0 aliphatic heterocycles. The van der Waals surface area contributed by atoms with Gasteiger partial charge in [-0.3, -0.25) is 9.78 Å². The third-order valence-electron chi connectivity index (χ3n) is 6.55. The monoisotopic (exact) mass is 451 g/mol. The number of rotatable bonds is 7. The highest BCUT2D eigenvalue weighted by Gasteiger charge is 2.18. The molecule has 0 amide bonds. The zero-order chi connectivity index (χ0) is 24.1. The lowest BCUT2D eigenvalue weighted by atomic mass is 9.85. The molecule has 0 spiro atoms. The van der Waals surface area contributed by atoms with Gasteiger partial charge in [-0.05, 0) is 121 Å². The second-order valence-electron chi connectivity index (χ2n) is 8.98. The maximum absolute atomic E-state index is 13.3. The van der Waals surface area contributed by atoms with E-state index in [2.05, 4.69) is 37.2 Å². The van der Waals surface area contributed by atoms with Gasteiger partial charge in [0.2, 0.25) is 0 Å². The summed E-state index contributed by atoms with van der Waals surface area (Å²) in [6.45, 7) is 9.89. The quantitative estimate of drug-likeness (QED) is 0.317. The molecule has 2 nitrogen and oxygen atoms in total. The largest absolute Gasteiger partial charge is 0.289 e. The Morgan fingerprint density at radius 1 is 1.09 bits per heavy atom. The van der Waals surface area contributed by atoms with E-state index in [-0.39, 0.29) is 11.6 Å². The Morgan fingerprint density at radius 2 is 1.85 bits per heavy atom. The molecule has 0 fully saturated rings. The molecule has 2 aliphatic carbocycles. The second-order valence-corrected chi connectivity index (χ2v) is 8.98. The molecule has 1 heterocycles. The summed E-state index contributed by atoms with van der Waals surface area (Å²) >= 11 is 0. The van der Waals surface area contributed by atoms with Gasteiger partial charge in [0.1, 0.15) is 5.82 Å². The molecule has 0 unspecified atom stereocenters. The van der Waals surface area contributed by atoms with E-state index in [1.165, 1.54) is 29.7 Å². The zero-order valence-electron chi connectivity index (χ0n) is 19.7. The van der Waals surface area contributed by atoms with Gasteiger partial charge in [0.25, 0.3) is 0 Å². The molecule has 0 atom stereocenters. The van der Waals surface area contributed by atoms with Crippen LogP contribution in [-0.4, -0.2) is 10.8 Å². The van der Waals surface area contributed by atoms with E-state index in [0.717, 1.165) is 65.6 Å². The molecule has 34 heavy (non-hydrogen) atoms. The van der Waals surface area contributed by atoms with E-state index in [1.807, 2.05) is 30.5 Å². The first-order chi connectivity index (χ1) is 16.4. The maximum Gasteiger partial charge on any atom is 0.186 e. The van der Waals surface area contributed by atoms with Crippen molar-refractivity contribution >= 4 is 23.5 Å². The van der Waals surface area contributed by atoms with Crippen molar-refractivity contribution in [2.75, 3.05) is 0 Å². The van der Waals surface area contributed by atoms with Gasteiger partial charge < -0.3 is 0 Å². The molecule has 0 saturated heterocycles. The minimum absolute atomic E-state index is 0.0282. The Labute approximate surface area is 201 Å². The molecule has 4 rings (SSSR count). The molecule has 0 bridgehead atoms. The summed E-state index contributed by atoms with van der Waals surface area (Å²) in [6.07, 6.45) is 16.8. The van der Waals surface area contributed by atoms with Crippen LogP contribution in [0.3, 0.4) is 0 Å². The standard InChI is InChI=1S/C31H30FNO/c1-4-21(2)17-29(28-8-6-5-7-22(28)3)31(34)16-9-23-18-26-19-25(12-15-30(26)33-20-23)24-10-13-27(32)14-11-24/h4,9-11,13-14,16-20H,1-2,5-8,12,15H2,3H3. The average Bonchev–Trinajstić information content (AvgIpc) is 2.86. The van der Waals surface area contributed by atoms with Gasteiger partial charge in [-0.15, -0.1) is 0 Å². The minimum Gasteiger partial charge on any atom is -0.289 e. The van der Waals surface area contributed by atoms with Gasteiger partial charge in [0.05, 0.1) is 0 Å². The lowest BCUT2D eigenvalue weighted by molar-refractivity contribution is -0.111. The summed E-state index contributed by atoms with van der Waals surface area (Å²) in [5, 5.41) is 0. The SMILES string of the molecule is C=CC(=C)C=C(C(=O)C=Cc1cnc2c(c1)C=C(c1ccc(F)cc1)CC2)C1=C(C)CCCC1. The fourth-order valence-electron chi connectivity index (χ4n) is 4.59. The lowest BCUT2D eigenvalue weighted by Gasteiger charge is -2.19. The third kappa shape index (κ3) is 5.48. The van der Waals surface area contributed by atoms with Gasteiger partial charge in [-0.25, -0.2) is 4.39 Å². The topological polar surface area (TPSA) is 30.0 Å². The highest BCUT2D eigenvalue weighted by Crippen LogP contribution is 2.32. The molecule has 1 aromatic heterocycles. The van der Waals surface area contributed by atoms with Crippen LogP contribution in [0, 0.1) is 5.82 Å². The Balaban J connectivity index is 1.60. The average molecular weight is 452 g/mol. The number of ketones is 1. The molecule has 0 radical (unpaired) electrons. The summed E-state index contributed by atoms with van der Waals surface area (Å²) in [5.74, 6) is -0.261. The van der Waals surface area contributed by atoms with Crippen LogP contribution in [0.25, 0.3) is 17.7 Å². The molecule has 172 valence electrons. The van der Waals surface area contributed by atoms with Gasteiger partial charge in [-0.2, -0.15) is 0 Å². The van der Waals surface area contributed by atoms with Crippen LogP contribution in [-0.2, 0) is 11.2 Å². The van der Waals surface area contributed by atoms with Crippen LogP contribution < -0.4 is 0 Å². The number of hydrogen-bond donors (Lipinski definition) is 0. The normalized spacial score (nSPS) is 16.3.